The summed E-state index contributed by atoms with van der Waals surface area (Å²) in [6, 6.07) is 17.4. The molecule has 2 saturated heterocycles. The Balaban J connectivity index is 0.878. The Labute approximate surface area is 395 Å². The second kappa shape index (κ2) is 19.0. The average molecular weight is 940 g/mol. The number of halogens is 1. The molecule has 15 nitrogen and oxygen atoms in total. The summed E-state index contributed by atoms with van der Waals surface area (Å²) in [5.74, 6) is 0.984. The van der Waals surface area contributed by atoms with Crippen molar-refractivity contribution in [1.82, 2.24) is 34.9 Å². The number of aryl methyl sites for hydroxylation is 1. The summed E-state index contributed by atoms with van der Waals surface area (Å²) in [6.45, 7) is 15.0. The normalized spacial score (nSPS) is 17.4. The number of nitrogens with zero attached hydrogens (tertiary/aromatic N) is 6. The van der Waals surface area contributed by atoms with Crippen LogP contribution in [0.25, 0.3) is 16.9 Å². The third-order valence-electron chi connectivity index (χ3n) is 12.2. The third kappa shape index (κ3) is 10.7. The molecule has 3 aliphatic rings. The van der Waals surface area contributed by atoms with Crippen LogP contribution in [-0.4, -0.2) is 97.5 Å². The molecule has 8 rings (SSSR count). The molecule has 5 heterocycles. The van der Waals surface area contributed by atoms with E-state index in [0.717, 1.165) is 35.3 Å². The van der Waals surface area contributed by atoms with Crippen molar-refractivity contribution in [3.8, 4) is 17.0 Å². The number of alkyl carbamates (subject to hydrolysis) is 1. The smallest absolute Gasteiger partial charge is 0.410 e. The zero-order chi connectivity index (χ0) is 47.0. The van der Waals surface area contributed by atoms with Crippen LogP contribution in [0.3, 0.4) is 0 Å². The van der Waals surface area contributed by atoms with Crippen molar-refractivity contribution in [2.45, 2.75) is 120 Å². The highest BCUT2D eigenvalue weighted by Crippen LogP contribution is 2.52. The summed E-state index contributed by atoms with van der Waals surface area (Å²) in [6.07, 6.45) is 6.83. The van der Waals surface area contributed by atoms with E-state index in [4.69, 9.17) is 40.8 Å². The van der Waals surface area contributed by atoms with E-state index in [1.807, 2.05) is 89.5 Å². The molecule has 0 radical (unpaired) electrons. The van der Waals surface area contributed by atoms with Crippen LogP contribution in [0, 0.1) is 12.3 Å². The Hall–Kier alpha value is -5.58. The number of pyridine rings is 1. The zero-order valence-electron chi connectivity index (χ0n) is 38.6. The topological polar surface area (TPSA) is 173 Å². The van der Waals surface area contributed by atoms with Gasteiger partial charge in [0.25, 0.3) is 5.91 Å². The fraction of sp³-hybridized carbons (Fsp3) is 0.469. The molecule has 66 heavy (non-hydrogen) atoms. The molecule has 350 valence electrons. The zero-order valence-corrected chi connectivity index (χ0v) is 40.2. The number of anilines is 1. The van der Waals surface area contributed by atoms with E-state index in [0.29, 0.717) is 83.4 Å². The largest absolute Gasteiger partial charge is 0.484 e. The monoisotopic (exact) mass is 938 g/mol. The van der Waals surface area contributed by atoms with Crippen LogP contribution in [0.1, 0.15) is 95.8 Å². The van der Waals surface area contributed by atoms with Gasteiger partial charge in [0.15, 0.2) is 18.1 Å². The van der Waals surface area contributed by atoms with E-state index < -0.39 is 17.3 Å². The first kappa shape index (κ1) is 46.9. The predicted molar refractivity (Wildman–Crippen MR) is 253 cm³/mol. The van der Waals surface area contributed by atoms with Gasteiger partial charge in [-0.3, -0.25) is 4.79 Å². The molecule has 1 atom stereocenters. The number of hydrogen-bond donors (Lipinski definition) is 3. The van der Waals surface area contributed by atoms with Gasteiger partial charge >= 0.3 is 12.2 Å². The van der Waals surface area contributed by atoms with Crippen LogP contribution in [0.4, 0.5) is 15.4 Å². The van der Waals surface area contributed by atoms with Gasteiger partial charge in [-0.15, -0.1) is 0 Å². The maximum Gasteiger partial charge on any atom is 0.410 e. The van der Waals surface area contributed by atoms with E-state index >= 15 is 0 Å². The number of benzene rings is 2. The van der Waals surface area contributed by atoms with Crippen LogP contribution < -0.4 is 20.3 Å². The van der Waals surface area contributed by atoms with Crippen LogP contribution in [0.2, 0.25) is 5.02 Å². The van der Waals surface area contributed by atoms with Crippen LogP contribution in [-0.2, 0) is 27.3 Å². The lowest BCUT2D eigenvalue weighted by atomic mass is 9.72. The fourth-order valence-corrected chi connectivity index (χ4v) is 10.2. The maximum absolute atomic E-state index is 13.1. The molecular formula is C49H59ClN8O7S. The van der Waals surface area contributed by atoms with Gasteiger partial charge in [-0.05, 0) is 122 Å². The second-order valence-electron chi connectivity index (χ2n) is 19.4. The fourth-order valence-electron chi connectivity index (χ4n) is 9.05. The van der Waals surface area contributed by atoms with Crippen molar-refractivity contribution in [3.63, 3.8) is 0 Å². The van der Waals surface area contributed by atoms with Crippen molar-refractivity contribution < 1.29 is 33.7 Å². The van der Waals surface area contributed by atoms with Crippen LogP contribution in [0.5, 0.6) is 5.75 Å². The minimum atomic E-state index is -0.605. The number of fused-ring (bicyclic) bond motifs is 2. The van der Waals surface area contributed by atoms with E-state index in [9.17, 15) is 19.5 Å². The first-order valence-corrected chi connectivity index (χ1v) is 23.7. The van der Waals surface area contributed by atoms with Gasteiger partial charge in [-0.2, -0.15) is 0 Å². The number of rotatable bonds is 10. The van der Waals surface area contributed by atoms with Gasteiger partial charge in [-0.25, -0.2) is 24.5 Å². The highest BCUT2D eigenvalue weighted by atomic mass is 35.5. The number of aliphatic hydroxyl groups excluding tert-OH is 1. The number of hydrogen-bond acceptors (Lipinski definition) is 12. The molecule has 2 fully saturated rings. The molecule has 5 aromatic rings. The number of likely N-dealkylation sites (tertiary alicyclic amines) is 1. The lowest BCUT2D eigenvalue weighted by molar-refractivity contribution is -0.124. The number of carbonyl (C=O) groups excluding carboxylic acids is 3. The van der Waals surface area contributed by atoms with Crippen LogP contribution >= 0.6 is 23.4 Å². The lowest BCUT2D eigenvalue weighted by Crippen LogP contribution is -2.48. The molecule has 0 bridgehead atoms. The van der Waals surface area contributed by atoms with Gasteiger partial charge in [0.05, 0.1) is 29.1 Å². The van der Waals surface area contributed by atoms with Crippen molar-refractivity contribution in [2.24, 2.45) is 5.41 Å². The highest BCUT2D eigenvalue weighted by Gasteiger charge is 2.49. The number of aromatic nitrogens is 4. The van der Waals surface area contributed by atoms with E-state index in [1.165, 1.54) is 17.3 Å². The molecule has 1 spiro atoms. The Morgan fingerprint density at radius 2 is 1.59 bits per heavy atom. The first-order valence-electron chi connectivity index (χ1n) is 22.5. The Bertz CT molecular complexity index is 2590. The van der Waals surface area contributed by atoms with E-state index in [-0.39, 0.29) is 42.7 Å². The number of aliphatic hydroxyl groups is 1. The first-order chi connectivity index (χ1) is 31.4. The van der Waals surface area contributed by atoms with E-state index in [1.54, 1.807) is 17.0 Å². The molecule has 17 heteroatoms. The number of ether oxygens (including phenoxy) is 3. The summed E-state index contributed by atoms with van der Waals surface area (Å²) in [4.78, 5) is 57.6. The number of imidazole rings is 1. The van der Waals surface area contributed by atoms with Crippen molar-refractivity contribution in [3.05, 3.63) is 94.5 Å². The molecule has 2 aromatic carbocycles. The predicted octanol–water partition coefficient (Wildman–Crippen LogP) is 8.70. The molecule has 0 saturated carbocycles. The van der Waals surface area contributed by atoms with Gasteiger partial charge in [0.1, 0.15) is 27.7 Å². The van der Waals surface area contributed by atoms with Crippen molar-refractivity contribution in [1.29, 1.82) is 0 Å². The molecule has 3 N–H and O–H groups in total. The number of carbonyl (C=O) groups is 3. The molecule has 3 aromatic heterocycles. The van der Waals surface area contributed by atoms with Gasteiger partial charge in [-0.1, -0.05) is 47.6 Å². The van der Waals surface area contributed by atoms with Crippen molar-refractivity contribution in [2.75, 3.05) is 37.7 Å². The molecule has 1 aliphatic carbocycles. The Kier molecular flexibility index (Phi) is 13.5. The summed E-state index contributed by atoms with van der Waals surface area (Å²) >= 11 is 8.40. The lowest BCUT2D eigenvalue weighted by Gasteiger charge is -2.44. The minimum absolute atomic E-state index is 0.0405. The molecular weight excluding hydrogens is 880 g/mol. The summed E-state index contributed by atoms with van der Waals surface area (Å²) in [7, 11) is 0. The molecule has 3 amide bonds. The third-order valence-corrected chi connectivity index (χ3v) is 13.9. The summed E-state index contributed by atoms with van der Waals surface area (Å²) < 4.78 is 18.8. The molecule has 2 aliphatic heterocycles. The maximum atomic E-state index is 13.1. The number of nitrogens with one attached hydrogen (secondary N) is 2. The quantitative estimate of drug-likeness (QED) is 0.122. The summed E-state index contributed by atoms with van der Waals surface area (Å²) in [5, 5.41) is 17.9. The van der Waals surface area contributed by atoms with E-state index in [2.05, 4.69) is 33.7 Å². The Morgan fingerprint density at radius 1 is 0.894 bits per heavy atom. The van der Waals surface area contributed by atoms with Gasteiger partial charge < -0.3 is 44.2 Å². The SMILES string of the molecule is Cc1nc(N2CCC3(CC2)Cc2ccccc2[C@H]3NC(=O)OC(C)(C)C)c(CO)nc1Sc1ccn2cc(-c3ccc(OCC(=O)NC4CCN(C(=O)OC(C)(C)C)CC4)cc3)nc2c1Cl. The van der Waals surface area contributed by atoms with Gasteiger partial charge in [0, 0.05) is 60.5 Å². The highest BCUT2D eigenvalue weighted by molar-refractivity contribution is 7.99. The standard InChI is InChI=1S/C49H59ClN8O7S/c1-30-44(54-37(28-59)42(51-30)56-24-19-49(20-25-56)26-32-10-8-9-11-35(32)41(49)55-45(61)64-47(2,3)4)66-38-18-23-58-27-36(53-43(58)40(38)50)31-12-14-34(15-13-31)63-29-39(60)52-33-16-21-57(22-17-33)46(62)65-48(5,6)7/h8-15,18,23,27,33,41,59H,16-17,19-22,24-26,28-29H2,1-7H3,(H,52,60)(H,55,61)/t41-/m1/s1. The Morgan fingerprint density at radius 3 is 2.27 bits per heavy atom. The average Bonchev–Trinajstić information content (AvgIpc) is 3.83. The number of amides is 3. The van der Waals surface area contributed by atoms with Gasteiger partial charge in [0.2, 0.25) is 0 Å². The van der Waals surface area contributed by atoms with Crippen molar-refractivity contribution >= 4 is 52.9 Å². The minimum Gasteiger partial charge on any atom is -0.484 e. The van der Waals surface area contributed by atoms with Crippen LogP contribution in [0.15, 0.2) is 76.9 Å². The second-order valence-corrected chi connectivity index (χ2v) is 20.8. The molecule has 0 unspecified atom stereocenters. The summed E-state index contributed by atoms with van der Waals surface area (Å²) in [5.41, 5.74) is 4.38. The number of piperidine rings is 2.